The highest BCUT2D eigenvalue weighted by molar-refractivity contribution is 6.32. The zero-order valence-corrected chi connectivity index (χ0v) is 7.58. The second-order valence-corrected chi connectivity index (χ2v) is 2.57. The van der Waals surface area contributed by atoms with Crippen molar-refractivity contribution >= 4 is 23.7 Å². The van der Waals surface area contributed by atoms with Gasteiger partial charge in [-0.05, 0) is 0 Å². The zero-order chi connectivity index (χ0) is 9.68. The Bertz CT molecular complexity index is 327. The van der Waals surface area contributed by atoms with E-state index in [9.17, 15) is 4.79 Å². The van der Waals surface area contributed by atoms with E-state index in [1.54, 1.807) is 6.08 Å². The maximum atomic E-state index is 10.6. The molecule has 0 saturated heterocycles. The van der Waals surface area contributed by atoms with Crippen molar-refractivity contribution in [3.8, 4) is 0 Å². The minimum atomic E-state index is 0.150. The number of rotatable bonds is 4. The average molecular weight is 198 g/mol. The molecule has 0 aliphatic heterocycles. The molecule has 1 rings (SSSR count). The van der Waals surface area contributed by atoms with Crippen LogP contribution in [0.1, 0.15) is 10.4 Å². The fourth-order valence-electron chi connectivity index (χ4n) is 0.788. The van der Waals surface area contributed by atoms with Gasteiger partial charge in [-0.2, -0.15) is 0 Å². The van der Waals surface area contributed by atoms with Crippen molar-refractivity contribution in [3.63, 3.8) is 0 Å². The van der Waals surface area contributed by atoms with E-state index < -0.39 is 0 Å². The first-order valence-corrected chi connectivity index (χ1v) is 3.97. The summed E-state index contributed by atoms with van der Waals surface area (Å²) in [5.74, 6) is 0.426. The first-order valence-electron chi connectivity index (χ1n) is 3.60. The smallest absolute Gasteiger partial charge is 0.156 e. The molecule has 0 saturated carbocycles. The normalized spacial score (nSPS) is 9.31. The summed E-state index contributed by atoms with van der Waals surface area (Å²) in [6.45, 7) is 4.05. The van der Waals surface area contributed by atoms with Crippen LogP contribution in [-0.2, 0) is 0 Å². The van der Waals surface area contributed by atoms with Crippen LogP contribution < -0.4 is 5.32 Å². The molecule has 0 amide bonds. The molecule has 1 heterocycles. The average Bonchev–Trinajstić information content (AvgIpc) is 2.15. The summed E-state index contributed by atoms with van der Waals surface area (Å²) in [5, 5.41) is 3.02. The Morgan fingerprint density at radius 1 is 1.62 bits per heavy atom. The minimum absolute atomic E-state index is 0.150. The van der Waals surface area contributed by atoms with Crippen LogP contribution in [0.5, 0.6) is 0 Å². The molecule has 1 N–H and O–H groups in total. The second-order valence-electron chi connectivity index (χ2n) is 2.21. The van der Waals surface area contributed by atoms with Gasteiger partial charge in [0.2, 0.25) is 0 Å². The Kier molecular flexibility index (Phi) is 3.40. The van der Waals surface area contributed by atoms with Crippen LogP contribution in [0.25, 0.3) is 0 Å². The molecule has 0 fully saturated rings. The van der Waals surface area contributed by atoms with Gasteiger partial charge in [0.25, 0.3) is 0 Å². The SMILES string of the molecule is C=CCNc1ncnc(Cl)c1C=O. The van der Waals surface area contributed by atoms with Crippen LogP contribution in [0.4, 0.5) is 5.82 Å². The molecule has 0 aliphatic carbocycles. The lowest BCUT2D eigenvalue weighted by Gasteiger charge is -2.04. The number of hydrogen-bond donors (Lipinski definition) is 1. The third kappa shape index (κ3) is 2.26. The molecule has 0 bridgehead atoms. The summed E-state index contributed by atoms with van der Waals surface area (Å²) in [7, 11) is 0. The molecule has 4 nitrogen and oxygen atoms in total. The van der Waals surface area contributed by atoms with Gasteiger partial charge < -0.3 is 5.32 Å². The van der Waals surface area contributed by atoms with Crippen molar-refractivity contribution in [3.05, 3.63) is 29.7 Å². The molecular weight excluding hydrogens is 190 g/mol. The van der Waals surface area contributed by atoms with Crippen LogP contribution in [0.15, 0.2) is 19.0 Å². The van der Waals surface area contributed by atoms with Gasteiger partial charge in [-0.25, -0.2) is 9.97 Å². The van der Waals surface area contributed by atoms with Crippen LogP contribution >= 0.6 is 11.6 Å². The third-order valence-corrected chi connectivity index (χ3v) is 1.67. The summed E-state index contributed by atoms with van der Waals surface area (Å²) in [5.41, 5.74) is 0.269. The second kappa shape index (κ2) is 4.57. The van der Waals surface area contributed by atoms with E-state index in [2.05, 4.69) is 21.9 Å². The van der Waals surface area contributed by atoms with E-state index in [-0.39, 0.29) is 10.7 Å². The number of aromatic nitrogens is 2. The lowest BCUT2D eigenvalue weighted by Crippen LogP contribution is -2.04. The highest BCUT2D eigenvalue weighted by atomic mass is 35.5. The number of carbonyl (C=O) groups excluding carboxylic acids is 1. The molecule has 5 heteroatoms. The van der Waals surface area contributed by atoms with Gasteiger partial charge in [0.15, 0.2) is 6.29 Å². The fourth-order valence-corrected chi connectivity index (χ4v) is 0.966. The lowest BCUT2D eigenvalue weighted by atomic mass is 10.3. The van der Waals surface area contributed by atoms with Crippen molar-refractivity contribution < 1.29 is 4.79 Å². The summed E-state index contributed by atoms with van der Waals surface area (Å²) in [6, 6.07) is 0. The Morgan fingerprint density at radius 3 is 3.00 bits per heavy atom. The molecule has 0 aliphatic rings. The molecule has 0 aromatic carbocycles. The number of nitrogens with zero attached hydrogens (tertiary/aromatic N) is 2. The molecule has 1 aromatic heterocycles. The topological polar surface area (TPSA) is 54.9 Å². The third-order valence-electron chi connectivity index (χ3n) is 1.37. The predicted octanol–water partition coefficient (Wildman–Crippen LogP) is 1.54. The van der Waals surface area contributed by atoms with E-state index in [1.807, 2.05) is 0 Å². The van der Waals surface area contributed by atoms with Crippen molar-refractivity contribution in [2.75, 3.05) is 11.9 Å². The van der Waals surface area contributed by atoms with E-state index >= 15 is 0 Å². The quantitative estimate of drug-likeness (QED) is 0.452. The number of halogens is 1. The Balaban J connectivity index is 2.97. The summed E-state index contributed by atoms with van der Waals surface area (Å²) in [4.78, 5) is 18.1. The van der Waals surface area contributed by atoms with Gasteiger partial charge in [0.1, 0.15) is 17.3 Å². The number of hydrogen-bond acceptors (Lipinski definition) is 4. The van der Waals surface area contributed by atoms with Gasteiger partial charge in [0.05, 0.1) is 5.56 Å². The molecule has 13 heavy (non-hydrogen) atoms. The Morgan fingerprint density at radius 2 is 2.38 bits per heavy atom. The molecule has 68 valence electrons. The van der Waals surface area contributed by atoms with Gasteiger partial charge in [0, 0.05) is 6.54 Å². The van der Waals surface area contributed by atoms with Gasteiger partial charge >= 0.3 is 0 Å². The number of nitrogens with one attached hydrogen (secondary N) is 1. The highest BCUT2D eigenvalue weighted by Gasteiger charge is 2.06. The van der Waals surface area contributed by atoms with Crippen molar-refractivity contribution in [2.24, 2.45) is 0 Å². The van der Waals surface area contributed by atoms with Crippen LogP contribution in [0.2, 0.25) is 5.15 Å². The highest BCUT2D eigenvalue weighted by Crippen LogP contribution is 2.16. The predicted molar refractivity (Wildman–Crippen MR) is 51.1 cm³/mol. The molecule has 0 atom stereocenters. The van der Waals surface area contributed by atoms with Gasteiger partial charge in [-0.1, -0.05) is 17.7 Å². The Labute approximate surface area is 80.7 Å². The fraction of sp³-hybridized carbons (Fsp3) is 0.125. The van der Waals surface area contributed by atoms with Crippen molar-refractivity contribution in [1.82, 2.24) is 9.97 Å². The Hall–Kier alpha value is -1.42. The minimum Gasteiger partial charge on any atom is -0.366 e. The first-order chi connectivity index (χ1) is 6.29. The maximum Gasteiger partial charge on any atom is 0.156 e. The van der Waals surface area contributed by atoms with Crippen LogP contribution in [0.3, 0.4) is 0 Å². The van der Waals surface area contributed by atoms with Crippen LogP contribution in [-0.4, -0.2) is 22.8 Å². The zero-order valence-electron chi connectivity index (χ0n) is 6.83. The summed E-state index contributed by atoms with van der Waals surface area (Å²) < 4.78 is 0. The van der Waals surface area contributed by atoms with Crippen LogP contribution in [0, 0.1) is 0 Å². The summed E-state index contributed by atoms with van der Waals surface area (Å²) >= 11 is 5.66. The number of carbonyl (C=O) groups is 1. The summed E-state index contributed by atoms with van der Waals surface area (Å²) in [6.07, 6.45) is 3.57. The molecule has 1 aromatic rings. The van der Waals surface area contributed by atoms with Gasteiger partial charge in [-0.3, -0.25) is 4.79 Å². The molecule has 0 unspecified atom stereocenters. The molecular formula is C8H8ClN3O. The number of aldehydes is 1. The number of anilines is 1. The van der Waals surface area contributed by atoms with E-state index in [1.165, 1.54) is 6.33 Å². The van der Waals surface area contributed by atoms with Gasteiger partial charge in [-0.15, -0.1) is 6.58 Å². The molecule has 0 radical (unpaired) electrons. The van der Waals surface area contributed by atoms with E-state index in [0.29, 0.717) is 18.6 Å². The van der Waals surface area contributed by atoms with E-state index in [4.69, 9.17) is 11.6 Å². The largest absolute Gasteiger partial charge is 0.366 e. The van der Waals surface area contributed by atoms with E-state index in [0.717, 1.165) is 0 Å². The maximum absolute atomic E-state index is 10.6. The lowest BCUT2D eigenvalue weighted by molar-refractivity contribution is 0.112. The first kappa shape index (κ1) is 9.67. The van der Waals surface area contributed by atoms with Crippen molar-refractivity contribution in [1.29, 1.82) is 0 Å². The molecule has 0 spiro atoms. The standard InChI is InChI=1S/C8H8ClN3O/c1-2-3-10-8-6(4-13)7(9)11-5-12-8/h2,4-5H,1,3H2,(H,10,11,12). The monoisotopic (exact) mass is 197 g/mol. The van der Waals surface area contributed by atoms with Crippen molar-refractivity contribution in [2.45, 2.75) is 0 Å².